The van der Waals surface area contributed by atoms with Crippen molar-refractivity contribution >= 4 is 5.82 Å². The normalized spacial score (nSPS) is 14.6. The van der Waals surface area contributed by atoms with Crippen LogP contribution >= 0.6 is 0 Å². The summed E-state index contributed by atoms with van der Waals surface area (Å²) >= 11 is 0. The van der Waals surface area contributed by atoms with E-state index >= 15 is 0 Å². The van der Waals surface area contributed by atoms with E-state index in [-0.39, 0.29) is 5.82 Å². The van der Waals surface area contributed by atoms with Gasteiger partial charge in [0.15, 0.2) is 17.3 Å². The molecule has 0 saturated carbocycles. The van der Waals surface area contributed by atoms with Gasteiger partial charge in [0.25, 0.3) is 0 Å². The van der Waals surface area contributed by atoms with E-state index < -0.39 is 0 Å². The molecule has 7 heteroatoms. The molecule has 0 bridgehead atoms. The Morgan fingerprint density at radius 2 is 2.21 bits per heavy atom. The summed E-state index contributed by atoms with van der Waals surface area (Å²) < 4.78 is 6.52. The van der Waals surface area contributed by atoms with Crippen LogP contribution in [0, 0.1) is 0 Å². The summed E-state index contributed by atoms with van der Waals surface area (Å²) in [5, 5.41) is 15.3. The Balaban J connectivity index is 2.17. The minimum atomic E-state index is 0.257. The summed E-state index contributed by atoms with van der Waals surface area (Å²) in [5.41, 5.74) is 6.05. The number of hydrogen-bond donors (Lipinski definition) is 1. The van der Waals surface area contributed by atoms with Crippen molar-refractivity contribution in [3.63, 3.8) is 0 Å². The number of rotatable bonds is 1. The third-order valence-corrected chi connectivity index (χ3v) is 2.34. The molecular formula is C7H8N6O. The smallest absolute Gasteiger partial charge is 0.199 e. The van der Waals surface area contributed by atoms with Crippen molar-refractivity contribution < 1.29 is 4.63 Å². The van der Waals surface area contributed by atoms with Crippen LogP contribution in [0.2, 0.25) is 0 Å². The van der Waals surface area contributed by atoms with Crippen molar-refractivity contribution in [1.82, 2.24) is 25.1 Å². The molecule has 7 nitrogen and oxygen atoms in total. The maximum Gasteiger partial charge on any atom is 0.199 e. The average Bonchev–Trinajstić information content (AvgIpc) is 2.78. The number of hydrogen-bond acceptors (Lipinski definition) is 6. The van der Waals surface area contributed by atoms with Crippen molar-refractivity contribution in [2.75, 3.05) is 5.73 Å². The van der Waals surface area contributed by atoms with Crippen LogP contribution in [0.5, 0.6) is 0 Å². The van der Waals surface area contributed by atoms with E-state index in [4.69, 9.17) is 5.73 Å². The minimum Gasteiger partial charge on any atom is -0.379 e. The lowest BCUT2D eigenvalue weighted by Gasteiger charge is -1.97. The molecule has 0 aliphatic carbocycles. The summed E-state index contributed by atoms with van der Waals surface area (Å²) in [6.45, 7) is 0.907. The highest BCUT2D eigenvalue weighted by molar-refractivity contribution is 5.62. The largest absolute Gasteiger partial charge is 0.379 e. The van der Waals surface area contributed by atoms with Gasteiger partial charge in [0.2, 0.25) is 0 Å². The first-order valence-electron chi connectivity index (χ1n) is 4.37. The SMILES string of the molecule is Nc1nonc1-c1nnc2n1CCC2. The van der Waals surface area contributed by atoms with E-state index in [9.17, 15) is 0 Å². The molecule has 14 heavy (non-hydrogen) atoms. The molecule has 3 rings (SSSR count). The molecule has 3 heterocycles. The standard InChI is InChI=1S/C7H8N6O/c8-6-5(11-14-12-6)7-10-9-4-2-1-3-13(4)7/h1-3H2,(H2,8,12). The van der Waals surface area contributed by atoms with E-state index in [1.807, 2.05) is 4.57 Å². The Morgan fingerprint density at radius 3 is 3.00 bits per heavy atom. The topological polar surface area (TPSA) is 95.7 Å². The van der Waals surface area contributed by atoms with E-state index in [0.717, 1.165) is 25.2 Å². The van der Waals surface area contributed by atoms with Crippen molar-refractivity contribution in [3.8, 4) is 11.5 Å². The number of anilines is 1. The van der Waals surface area contributed by atoms with Crippen LogP contribution in [0.15, 0.2) is 4.63 Å². The summed E-state index contributed by atoms with van der Waals surface area (Å²) in [4.78, 5) is 0. The molecule has 0 amide bonds. The molecule has 0 fully saturated rings. The van der Waals surface area contributed by atoms with Gasteiger partial charge < -0.3 is 10.3 Å². The summed E-state index contributed by atoms with van der Waals surface area (Å²) in [5.74, 6) is 1.88. The van der Waals surface area contributed by atoms with Crippen molar-refractivity contribution in [3.05, 3.63) is 5.82 Å². The molecule has 72 valence electrons. The Morgan fingerprint density at radius 1 is 1.29 bits per heavy atom. The zero-order valence-electron chi connectivity index (χ0n) is 7.34. The molecule has 0 atom stereocenters. The van der Waals surface area contributed by atoms with E-state index in [1.165, 1.54) is 0 Å². The maximum atomic E-state index is 5.58. The molecule has 0 saturated heterocycles. The third kappa shape index (κ3) is 0.860. The summed E-state index contributed by atoms with van der Waals surface area (Å²) in [7, 11) is 0. The predicted molar refractivity (Wildman–Crippen MR) is 46.0 cm³/mol. The zero-order chi connectivity index (χ0) is 9.54. The van der Waals surface area contributed by atoms with Crippen LogP contribution in [0.3, 0.4) is 0 Å². The molecule has 0 radical (unpaired) electrons. The first kappa shape index (κ1) is 7.48. The van der Waals surface area contributed by atoms with Crippen molar-refractivity contribution in [2.24, 2.45) is 0 Å². The van der Waals surface area contributed by atoms with Gasteiger partial charge in [0.05, 0.1) is 0 Å². The number of aromatic nitrogens is 5. The molecule has 2 N–H and O–H groups in total. The first-order chi connectivity index (χ1) is 6.86. The van der Waals surface area contributed by atoms with E-state index in [2.05, 4.69) is 25.1 Å². The lowest BCUT2D eigenvalue weighted by Crippen LogP contribution is -1.98. The molecular weight excluding hydrogens is 184 g/mol. The number of nitrogens with two attached hydrogens (primary N) is 1. The van der Waals surface area contributed by atoms with Gasteiger partial charge in [0.1, 0.15) is 5.82 Å². The second kappa shape index (κ2) is 2.53. The number of nitrogens with zero attached hydrogens (tertiary/aromatic N) is 5. The number of fused-ring (bicyclic) bond motifs is 1. The quantitative estimate of drug-likeness (QED) is 0.675. The molecule has 1 aliphatic rings. The fourth-order valence-corrected chi connectivity index (χ4v) is 1.68. The Kier molecular flexibility index (Phi) is 1.35. The van der Waals surface area contributed by atoms with Crippen molar-refractivity contribution in [2.45, 2.75) is 19.4 Å². The second-order valence-corrected chi connectivity index (χ2v) is 3.19. The monoisotopic (exact) mass is 192 g/mol. The summed E-state index contributed by atoms with van der Waals surface area (Å²) in [6.07, 6.45) is 2.04. The van der Waals surface area contributed by atoms with Gasteiger partial charge in [-0.2, -0.15) is 0 Å². The summed E-state index contributed by atoms with van der Waals surface area (Å²) in [6, 6.07) is 0. The van der Waals surface area contributed by atoms with Crippen LogP contribution in [-0.4, -0.2) is 25.1 Å². The van der Waals surface area contributed by atoms with Gasteiger partial charge in [-0.25, -0.2) is 4.63 Å². The Bertz CT molecular complexity index is 472. The van der Waals surface area contributed by atoms with Gasteiger partial charge in [0, 0.05) is 13.0 Å². The first-order valence-corrected chi connectivity index (χ1v) is 4.37. The van der Waals surface area contributed by atoms with Gasteiger partial charge in [-0.3, -0.25) is 0 Å². The number of nitrogen functional groups attached to an aromatic ring is 1. The Labute approximate surface area is 78.9 Å². The van der Waals surface area contributed by atoms with Gasteiger partial charge >= 0.3 is 0 Å². The van der Waals surface area contributed by atoms with Crippen LogP contribution in [0.1, 0.15) is 12.2 Å². The van der Waals surface area contributed by atoms with Crippen LogP contribution in [0.4, 0.5) is 5.82 Å². The lowest BCUT2D eigenvalue weighted by atomic mass is 10.4. The average molecular weight is 192 g/mol. The highest BCUT2D eigenvalue weighted by Crippen LogP contribution is 2.24. The number of aryl methyl sites for hydroxylation is 1. The van der Waals surface area contributed by atoms with E-state index in [0.29, 0.717) is 11.5 Å². The minimum absolute atomic E-state index is 0.257. The molecule has 0 spiro atoms. The fraction of sp³-hybridized carbons (Fsp3) is 0.429. The van der Waals surface area contributed by atoms with Gasteiger partial charge in [-0.05, 0) is 16.7 Å². The Hall–Kier alpha value is -1.92. The molecule has 1 aliphatic heterocycles. The lowest BCUT2D eigenvalue weighted by molar-refractivity contribution is 0.310. The zero-order valence-corrected chi connectivity index (χ0v) is 7.34. The highest BCUT2D eigenvalue weighted by atomic mass is 16.6. The van der Waals surface area contributed by atoms with Gasteiger partial charge in [-0.1, -0.05) is 0 Å². The van der Waals surface area contributed by atoms with Crippen LogP contribution in [-0.2, 0) is 13.0 Å². The second-order valence-electron chi connectivity index (χ2n) is 3.19. The van der Waals surface area contributed by atoms with Crippen LogP contribution in [0.25, 0.3) is 11.5 Å². The third-order valence-electron chi connectivity index (χ3n) is 2.34. The fourth-order valence-electron chi connectivity index (χ4n) is 1.68. The highest BCUT2D eigenvalue weighted by Gasteiger charge is 2.22. The van der Waals surface area contributed by atoms with Gasteiger partial charge in [-0.15, -0.1) is 10.2 Å². The molecule has 0 aromatic carbocycles. The predicted octanol–water partition coefficient (Wildman–Crippen LogP) is -0.144. The van der Waals surface area contributed by atoms with Crippen LogP contribution < -0.4 is 5.73 Å². The van der Waals surface area contributed by atoms with E-state index in [1.54, 1.807) is 0 Å². The maximum absolute atomic E-state index is 5.58. The molecule has 0 unspecified atom stereocenters. The molecule has 2 aromatic rings. The molecule has 2 aromatic heterocycles. The van der Waals surface area contributed by atoms with Crippen molar-refractivity contribution in [1.29, 1.82) is 0 Å².